The Morgan fingerprint density at radius 1 is 0.934 bits per heavy atom. The van der Waals surface area contributed by atoms with Crippen molar-refractivity contribution in [3.05, 3.63) is 65.1 Å². The highest BCUT2D eigenvalue weighted by molar-refractivity contribution is 7.22. The highest BCUT2D eigenvalue weighted by Crippen LogP contribution is 2.72. The van der Waals surface area contributed by atoms with Crippen molar-refractivity contribution in [1.29, 1.82) is 0 Å². The summed E-state index contributed by atoms with van der Waals surface area (Å²) in [5.74, 6) is 0.00547. The minimum absolute atomic E-state index is 0.00328. The molecule has 1 aliphatic heterocycles. The van der Waals surface area contributed by atoms with E-state index in [0.717, 1.165) is 95.8 Å². The minimum Gasteiger partial charge on any atom is -0.481 e. The fourth-order valence-corrected chi connectivity index (χ4v) is 13.0. The number of nitrogens with zero attached hydrogens (tertiary/aromatic N) is 7. The van der Waals surface area contributed by atoms with Crippen LogP contribution < -0.4 is 15.1 Å². The first-order valence-corrected chi connectivity index (χ1v) is 22.7. The van der Waals surface area contributed by atoms with Gasteiger partial charge < -0.3 is 30.1 Å². The summed E-state index contributed by atoms with van der Waals surface area (Å²) in [6, 6.07) is 11.8. The number of ether oxygens (including phenoxy) is 1. The summed E-state index contributed by atoms with van der Waals surface area (Å²) in [7, 11) is 2.04. The number of aliphatic carboxylic acids is 1. The van der Waals surface area contributed by atoms with Crippen LogP contribution in [0.4, 0.5) is 22.6 Å². The van der Waals surface area contributed by atoms with E-state index in [1.54, 1.807) is 17.5 Å². The molecule has 4 aromatic heterocycles. The molecule has 4 saturated carbocycles. The topological polar surface area (TPSA) is 173 Å². The number of carboxylic acids is 2. The van der Waals surface area contributed by atoms with E-state index in [-0.39, 0.29) is 34.0 Å². The van der Waals surface area contributed by atoms with Crippen LogP contribution in [-0.2, 0) is 22.5 Å². The van der Waals surface area contributed by atoms with Gasteiger partial charge in [0.05, 0.1) is 48.6 Å². The van der Waals surface area contributed by atoms with E-state index in [4.69, 9.17) is 24.9 Å². The van der Waals surface area contributed by atoms with Crippen LogP contribution in [0.15, 0.2) is 42.6 Å². The van der Waals surface area contributed by atoms with Crippen LogP contribution in [0.3, 0.4) is 0 Å². The molecule has 0 saturated heterocycles. The van der Waals surface area contributed by atoms with E-state index in [9.17, 15) is 14.7 Å². The smallest absolute Gasteiger partial charge is 0.355 e. The average Bonchev–Trinajstić information content (AvgIpc) is 3.78. The van der Waals surface area contributed by atoms with Crippen LogP contribution in [0.5, 0.6) is 0 Å². The molecule has 4 aliphatic carbocycles. The zero-order valence-electron chi connectivity index (χ0n) is 36.6. The second kappa shape index (κ2) is 16.4. The highest BCUT2D eigenvalue weighted by atomic mass is 32.1. The SMILES string of the molecule is CC.Cc1c(Nc2nc3ccccc3s2)nnc2c1CCCN2c1ccc(-c2cnn(CC34CC5(C)CC(C)(C3)CC(OCC[NH+](C)CCC(=O)O)(C5)C4)c2C)c(C(=O)O)n1. The van der Waals surface area contributed by atoms with Gasteiger partial charge in [0, 0.05) is 41.0 Å². The maximum Gasteiger partial charge on any atom is 0.355 e. The van der Waals surface area contributed by atoms with Crippen molar-refractivity contribution in [2.75, 3.05) is 43.5 Å². The van der Waals surface area contributed by atoms with E-state index >= 15 is 0 Å². The minimum atomic E-state index is -1.10. The van der Waals surface area contributed by atoms with E-state index in [1.165, 1.54) is 11.3 Å². The lowest BCUT2D eigenvalue weighted by Crippen LogP contribution is -3.09. The molecule has 0 radical (unpaired) electrons. The summed E-state index contributed by atoms with van der Waals surface area (Å²) < 4.78 is 10.1. The molecule has 324 valence electrons. The molecule has 10 rings (SSSR count). The first-order chi connectivity index (χ1) is 29.1. The fraction of sp³-hybridized carbons (Fsp3) is 0.543. The number of hydrogen-bond donors (Lipinski definition) is 4. The van der Waals surface area contributed by atoms with Crippen LogP contribution in [-0.4, -0.2) is 91.0 Å². The normalized spacial score (nSPS) is 25.5. The van der Waals surface area contributed by atoms with Crippen molar-refractivity contribution in [3.8, 4) is 11.1 Å². The van der Waals surface area contributed by atoms with Gasteiger partial charge in [0.15, 0.2) is 22.5 Å². The molecular formula is C46H60N9O5S+. The summed E-state index contributed by atoms with van der Waals surface area (Å²) in [5.41, 5.74) is 5.29. The number of carbonyl (C=O) groups is 2. The largest absolute Gasteiger partial charge is 0.481 e. The number of rotatable bonds is 14. The summed E-state index contributed by atoms with van der Waals surface area (Å²) in [4.78, 5) is 36.7. The maximum absolute atomic E-state index is 12.9. The molecule has 0 spiro atoms. The Bertz CT molecular complexity index is 2410. The molecule has 5 aromatic rings. The maximum atomic E-state index is 12.9. The van der Waals surface area contributed by atoms with Crippen LogP contribution in [0.2, 0.25) is 0 Å². The quantitative estimate of drug-likeness (QED) is 0.0862. The Morgan fingerprint density at radius 2 is 1.69 bits per heavy atom. The molecule has 4 bridgehead atoms. The van der Waals surface area contributed by atoms with E-state index < -0.39 is 11.9 Å². The van der Waals surface area contributed by atoms with Gasteiger partial charge in [-0.15, -0.1) is 10.2 Å². The van der Waals surface area contributed by atoms with Crippen molar-refractivity contribution in [2.45, 2.75) is 111 Å². The molecule has 1 aromatic carbocycles. The van der Waals surface area contributed by atoms with Gasteiger partial charge in [-0.05, 0) is 106 Å². The second-order valence-electron chi connectivity index (χ2n) is 18.8. The van der Waals surface area contributed by atoms with Crippen molar-refractivity contribution in [2.24, 2.45) is 16.2 Å². The molecule has 5 aliphatic rings. The number of carboxylic acid groups (broad SMARTS) is 2. The van der Waals surface area contributed by atoms with Crippen molar-refractivity contribution >= 4 is 56.1 Å². The Kier molecular flexibility index (Phi) is 11.5. The summed E-state index contributed by atoms with van der Waals surface area (Å²) in [6.07, 6.45) is 10.1. The van der Waals surface area contributed by atoms with E-state index in [2.05, 4.69) is 34.0 Å². The standard InChI is InChI=1S/C44H53N9O5S.C2H6/c1-27-29-9-8-15-52(38(29)50-49-37(27)48-40-46-32-10-6-7-11-33(32)59-40)34-13-12-30(36(47-34)39(56)57)31-19-45-53(28(31)2)26-43-21-41(3)20-42(4,22-43)24-44(23-41,25-43)58-18-17-51(5)16-14-35(54)55;1-2/h6-7,10-13,19H,8-9,14-18,20-26H2,1-5H3,(H,54,55)(H,56,57)(H,46,48,49);1-2H3/p+1. The number of aromatic nitrogens is 6. The van der Waals surface area contributed by atoms with Crippen molar-refractivity contribution in [3.63, 3.8) is 0 Å². The zero-order valence-corrected chi connectivity index (χ0v) is 37.4. The molecule has 61 heavy (non-hydrogen) atoms. The third-order valence-electron chi connectivity index (χ3n) is 13.5. The number of nitrogens with one attached hydrogen (secondary N) is 2. The monoisotopic (exact) mass is 850 g/mol. The number of anilines is 4. The van der Waals surface area contributed by atoms with Gasteiger partial charge in [0.2, 0.25) is 0 Å². The Balaban J connectivity index is 0.00000253. The van der Waals surface area contributed by atoms with Crippen molar-refractivity contribution in [1.82, 2.24) is 29.9 Å². The number of likely N-dealkylation sites (N-methyl/N-ethyl adjacent to an activating group) is 1. The van der Waals surface area contributed by atoms with Crippen LogP contribution >= 0.6 is 11.3 Å². The fourth-order valence-electron chi connectivity index (χ4n) is 12.2. The molecule has 4 N–H and O–H groups in total. The third-order valence-corrected chi connectivity index (χ3v) is 14.5. The Morgan fingerprint density at radius 3 is 2.41 bits per heavy atom. The van der Waals surface area contributed by atoms with Gasteiger partial charge in [-0.1, -0.05) is 51.2 Å². The predicted octanol–water partition coefficient (Wildman–Crippen LogP) is 7.64. The Labute approximate surface area is 361 Å². The lowest BCUT2D eigenvalue weighted by atomic mass is 9.39. The van der Waals surface area contributed by atoms with Crippen LogP contribution in [0, 0.1) is 30.1 Å². The van der Waals surface area contributed by atoms with Gasteiger partial charge in [-0.25, -0.2) is 14.8 Å². The lowest BCUT2D eigenvalue weighted by Gasteiger charge is -2.69. The lowest BCUT2D eigenvalue weighted by molar-refractivity contribution is -0.879. The van der Waals surface area contributed by atoms with Gasteiger partial charge in [-0.3, -0.25) is 9.48 Å². The van der Waals surface area contributed by atoms with E-state index in [1.807, 2.05) is 76.0 Å². The van der Waals surface area contributed by atoms with Crippen LogP contribution in [0.25, 0.3) is 21.3 Å². The second-order valence-corrected chi connectivity index (χ2v) is 19.9. The zero-order chi connectivity index (χ0) is 43.3. The van der Waals surface area contributed by atoms with E-state index in [0.29, 0.717) is 42.7 Å². The average molecular weight is 851 g/mol. The molecule has 3 unspecified atom stereocenters. The first-order valence-electron chi connectivity index (χ1n) is 21.8. The Hall–Kier alpha value is -4.99. The van der Waals surface area contributed by atoms with Crippen LogP contribution in [0.1, 0.15) is 106 Å². The number of quaternary nitrogens is 1. The number of para-hydroxylation sites is 1. The van der Waals surface area contributed by atoms with Gasteiger partial charge >= 0.3 is 11.9 Å². The molecular weight excluding hydrogens is 791 g/mol. The number of hydrogen-bond acceptors (Lipinski definition) is 11. The number of benzene rings is 1. The number of pyridine rings is 1. The van der Waals surface area contributed by atoms with Gasteiger partial charge in [0.1, 0.15) is 12.4 Å². The third kappa shape index (κ3) is 8.36. The summed E-state index contributed by atoms with van der Waals surface area (Å²) >= 11 is 1.57. The molecule has 0 amide bonds. The summed E-state index contributed by atoms with van der Waals surface area (Å²) in [6.45, 7) is 16.3. The summed E-state index contributed by atoms with van der Waals surface area (Å²) in [5, 5.41) is 38.0. The van der Waals surface area contributed by atoms with Crippen molar-refractivity contribution < 1.29 is 29.4 Å². The molecule has 15 heteroatoms. The number of aromatic carboxylic acids is 1. The number of fused-ring (bicyclic) bond motifs is 2. The van der Waals surface area contributed by atoms with Gasteiger partial charge in [0.25, 0.3) is 0 Å². The molecule has 14 nitrogen and oxygen atoms in total. The highest BCUT2D eigenvalue weighted by Gasteiger charge is 2.66. The molecule has 3 atom stereocenters. The first kappa shape index (κ1) is 42.7. The number of thiazole rings is 1. The van der Waals surface area contributed by atoms with Gasteiger partial charge in [-0.2, -0.15) is 5.10 Å². The predicted molar refractivity (Wildman–Crippen MR) is 237 cm³/mol. The molecule has 4 fully saturated rings. The molecule has 5 heterocycles.